The third-order valence-corrected chi connectivity index (χ3v) is 8.05. The van der Waals surface area contributed by atoms with Crippen LogP contribution in [0.4, 0.5) is 11.6 Å². The molecule has 210 valence electrons. The Morgan fingerprint density at radius 1 is 1.10 bits per heavy atom. The molecule has 6 rings (SSSR count). The van der Waals surface area contributed by atoms with Crippen molar-refractivity contribution in [3.05, 3.63) is 80.1 Å². The van der Waals surface area contributed by atoms with E-state index in [-0.39, 0.29) is 11.5 Å². The van der Waals surface area contributed by atoms with Crippen molar-refractivity contribution >= 4 is 52.9 Å². The lowest BCUT2D eigenvalue weighted by atomic mass is 9.75. The molecule has 2 aromatic heterocycles. The van der Waals surface area contributed by atoms with Crippen LogP contribution in [0.25, 0.3) is 22.2 Å². The van der Waals surface area contributed by atoms with E-state index in [9.17, 15) is 9.82 Å². The number of oxime groups is 1. The number of likely N-dealkylation sites (N-methyl/N-ethyl adjacent to an activating group) is 1. The lowest BCUT2D eigenvalue weighted by Gasteiger charge is -2.33. The number of anilines is 2. The van der Waals surface area contributed by atoms with E-state index in [1.54, 1.807) is 18.3 Å². The number of fused-ring (bicyclic) bond motifs is 2. The summed E-state index contributed by atoms with van der Waals surface area (Å²) in [6.45, 7) is 9.29. The van der Waals surface area contributed by atoms with Gasteiger partial charge < -0.3 is 29.3 Å². The van der Waals surface area contributed by atoms with E-state index >= 15 is 0 Å². The van der Waals surface area contributed by atoms with Crippen LogP contribution in [0.1, 0.15) is 35.2 Å². The fourth-order valence-corrected chi connectivity index (χ4v) is 5.68. The summed E-state index contributed by atoms with van der Waals surface area (Å²) in [5.74, 6) is 0.642. The molecule has 0 bridgehead atoms. The summed E-state index contributed by atoms with van der Waals surface area (Å²) in [4.78, 5) is 22.6. The van der Waals surface area contributed by atoms with Gasteiger partial charge in [0.15, 0.2) is 5.43 Å². The molecule has 9 nitrogen and oxygen atoms in total. The Balaban J connectivity index is 1.40. The first kappa shape index (κ1) is 27.3. The molecule has 0 amide bonds. The van der Waals surface area contributed by atoms with Crippen molar-refractivity contribution in [1.29, 1.82) is 0 Å². The van der Waals surface area contributed by atoms with Gasteiger partial charge in [-0.15, -0.1) is 5.16 Å². The molecule has 1 unspecified atom stereocenters. The third kappa shape index (κ3) is 5.19. The third-order valence-electron chi connectivity index (χ3n) is 7.84. The highest BCUT2D eigenvalue weighted by Gasteiger charge is 2.26. The second-order valence-corrected chi connectivity index (χ2v) is 11.2. The van der Waals surface area contributed by atoms with Crippen molar-refractivity contribution in [3.63, 3.8) is 0 Å². The summed E-state index contributed by atoms with van der Waals surface area (Å²) in [6, 6.07) is 12.9. The van der Waals surface area contributed by atoms with Crippen molar-refractivity contribution in [1.82, 2.24) is 9.88 Å². The van der Waals surface area contributed by atoms with E-state index in [2.05, 4.69) is 38.4 Å². The topological polar surface area (TPSA) is 103 Å². The minimum absolute atomic E-state index is 0.00642. The van der Waals surface area contributed by atoms with Crippen molar-refractivity contribution in [2.75, 3.05) is 43.4 Å². The molecule has 0 spiro atoms. The second kappa shape index (κ2) is 10.9. The number of piperazine rings is 1. The first-order valence-corrected chi connectivity index (χ1v) is 14.0. The van der Waals surface area contributed by atoms with Gasteiger partial charge in [0, 0.05) is 42.8 Å². The molecule has 1 fully saturated rings. The van der Waals surface area contributed by atoms with Gasteiger partial charge in [0.05, 0.1) is 34.6 Å². The molecule has 0 aliphatic carbocycles. The Morgan fingerprint density at radius 3 is 2.66 bits per heavy atom. The fourth-order valence-electron chi connectivity index (χ4n) is 5.53. The Hall–Kier alpha value is -3.86. The van der Waals surface area contributed by atoms with Crippen LogP contribution >= 0.6 is 11.6 Å². The number of nitrogens with one attached hydrogen (secondary N) is 1. The van der Waals surface area contributed by atoms with Crippen LogP contribution in [0, 0.1) is 13.8 Å². The number of hydrogen-bond donors (Lipinski definition) is 2. The SMILES string of the molecule is Cc1cc(C(C)Nc2ccc(Cl)nc2-c2ccc3c(c2)C=NOB3O)c2oc(N3CCN(C)CC3)c(C)c(=O)c2c1. The normalized spacial score (nSPS) is 16.0. The van der Waals surface area contributed by atoms with Gasteiger partial charge in [-0.2, -0.15) is 0 Å². The summed E-state index contributed by atoms with van der Waals surface area (Å²) in [5, 5.41) is 18.4. The van der Waals surface area contributed by atoms with Gasteiger partial charge >= 0.3 is 7.12 Å². The Kier molecular flexibility index (Phi) is 7.23. The zero-order valence-corrected chi connectivity index (χ0v) is 24.2. The van der Waals surface area contributed by atoms with Crippen molar-refractivity contribution in [2.45, 2.75) is 26.8 Å². The van der Waals surface area contributed by atoms with Gasteiger partial charge in [-0.3, -0.25) is 4.79 Å². The van der Waals surface area contributed by atoms with Gasteiger partial charge in [0.2, 0.25) is 5.88 Å². The number of pyridine rings is 1. The first-order chi connectivity index (χ1) is 19.7. The van der Waals surface area contributed by atoms with Crippen molar-refractivity contribution < 1.29 is 14.2 Å². The number of hydrogen-bond acceptors (Lipinski definition) is 9. The predicted octanol–water partition coefficient (Wildman–Crippen LogP) is 4.10. The molecular weight excluding hydrogens is 541 g/mol. The minimum atomic E-state index is -1.11. The molecule has 0 radical (unpaired) electrons. The van der Waals surface area contributed by atoms with E-state index in [1.807, 2.05) is 45.0 Å². The van der Waals surface area contributed by atoms with Crippen LogP contribution < -0.4 is 21.1 Å². The maximum Gasteiger partial charge on any atom is 0.583 e. The lowest BCUT2D eigenvalue weighted by Crippen LogP contribution is -2.45. The zero-order chi connectivity index (χ0) is 28.8. The number of benzene rings is 2. The predicted molar refractivity (Wildman–Crippen MR) is 165 cm³/mol. The molecule has 41 heavy (non-hydrogen) atoms. The van der Waals surface area contributed by atoms with Crippen molar-refractivity contribution in [2.24, 2.45) is 5.16 Å². The van der Waals surface area contributed by atoms with E-state index in [4.69, 9.17) is 20.8 Å². The average molecular weight is 572 g/mol. The Bertz CT molecular complexity index is 1730. The second-order valence-electron chi connectivity index (χ2n) is 10.8. The average Bonchev–Trinajstić information content (AvgIpc) is 2.96. The molecule has 1 atom stereocenters. The molecule has 4 heterocycles. The lowest BCUT2D eigenvalue weighted by molar-refractivity contribution is 0.286. The highest BCUT2D eigenvalue weighted by molar-refractivity contribution is 6.62. The molecule has 2 aromatic carbocycles. The quantitative estimate of drug-likeness (QED) is 0.273. The number of aryl methyl sites for hydroxylation is 1. The highest BCUT2D eigenvalue weighted by atomic mass is 35.5. The van der Waals surface area contributed by atoms with Gasteiger partial charge in [-0.1, -0.05) is 29.8 Å². The molecule has 4 aromatic rings. The largest absolute Gasteiger partial charge is 0.583 e. The molecule has 11 heteroatoms. The molecule has 1 saturated heterocycles. The van der Waals surface area contributed by atoms with E-state index in [0.717, 1.165) is 54.1 Å². The number of aromatic nitrogens is 1. The monoisotopic (exact) mass is 571 g/mol. The van der Waals surface area contributed by atoms with Crippen LogP contribution in [0.3, 0.4) is 0 Å². The van der Waals surface area contributed by atoms with Crippen LogP contribution in [0.5, 0.6) is 0 Å². The van der Waals surface area contributed by atoms with E-state index in [1.165, 1.54) is 0 Å². The smallest absolute Gasteiger partial charge is 0.440 e. The van der Waals surface area contributed by atoms with Gasteiger partial charge in [0.25, 0.3) is 0 Å². The zero-order valence-electron chi connectivity index (χ0n) is 23.4. The first-order valence-electron chi connectivity index (χ1n) is 13.7. The number of nitrogens with zero attached hydrogens (tertiary/aromatic N) is 4. The number of rotatable bonds is 5. The highest BCUT2D eigenvalue weighted by Crippen LogP contribution is 2.35. The van der Waals surface area contributed by atoms with Crippen LogP contribution in [0.2, 0.25) is 5.15 Å². The maximum atomic E-state index is 13.6. The van der Waals surface area contributed by atoms with Gasteiger partial charge in [0.1, 0.15) is 10.7 Å². The van der Waals surface area contributed by atoms with Crippen LogP contribution in [-0.2, 0) is 4.76 Å². The van der Waals surface area contributed by atoms with Gasteiger partial charge in [-0.05, 0) is 63.2 Å². The standard InChI is InChI=1S/C30H31BClN5O4/c1-17-13-22(29-23(14-17)28(38)18(2)30(40-29)37-11-9-36(4)10-12-37)19(3)34-25-7-8-26(32)35-27(25)20-5-6-24-21(15-20)16-33-41-31(24)39/h5-8,13-16,19,34,39H,9-12H2,1-4H3. The van der Waals surface area contributed by atoms with Gasteiger partial charge in [-0.25, -0.2) is 4.98 Å². The van der Waals surface area contributed by atoms with Crippen LogP contribution in [0.15, 0.2) is 56.8 Å². The minimum Gasteiger partial charge on any atom is -0.440 e. The molecule has 0 saturated carbocycles. The maximum absolute atomic E-state index is 13.6. The summed E-state index contributed by atoms with van der Waals surface area (Å²) >= 11 is 6.34. The Labute approximate surface area is 243 Å². The molecule has 2 aliphatic rings. The van der Waals surface area contributed by atoms with Crippen LogP contribution in [-0.4, -0.2) is 61.5 Å². The summed E-state index contributed by atoms with van der Waals surface area (Å²) in [5.41, 5.74) is 6.64. The molecule has 2 aliphatic heterocycles. The molecular formula is C30H31BClN5O4. The van der Waals surface area contributed by atoms with E-state index in [0.29, 0.717) is 38.7 Å². The number of halogens is 1. The van der Waals surface area contributed by atoms with Crippen molar-refractivity contribution in [3.8, 4) is 11.3 Å². The Morgan fingerprint density at radius 2 is 1.88 bits per heavy atom. The molecule has 2 N–H and O–H groups in total. The summed E-state index contributed by atoms with van der Waals surface area (Å²) in [6.07, 6.45) is 1.56. The summed E-state index contributed by atoms with van der Waals surface area (Å²) in [7, 11) is 0.988. The van der Waals surface area contributed by atoms with E-state index < -0.39 is 7.12 Å². The fraction of sp³-hybridized carbons (Fsp3) is 0.300. The summed E-state index contributed by atoms with van der Waals surface area (Å²) < 4.78 is 11.5.